The fourth-order valence-corrected chi connectivity index (χ4v) is 5.57. The maximum Gasteiger partial charge on any atom is 0.223 e. The van der Waals surface area contributed by atoms with E-state index in [1.807, 2.05) is 24.3 Å². The quantitative estimate of drug-likeness (QED) is 0.622. The summed E-state index contributed by atoms with van der Waals surface area (Å²) in [7, 11) is 0. The highest BCUT2D eigenvalue weighted by molar-refractivity contribution is 6.30. The number of benzene rings is 2. The minimum absolute atomic E-state index is 0.0318. The Labute approximate surface area is 209 Å². The molecule has 184 valence electrons. The summed E-state index contributed by atoms with van der Waals surface area (Å²) in [5, 5.41) is 14.0. The summed E-state index contributed by atoms with van der Waals surface area (Å²) >= 11 is 6.19. The van der Waals surface area contributed by atoms with Crippen LogP contribution < -0.4 is 5.32 Å². The maximum atomic E-state index is 13.5. The van der Waals surface area contributed by atoms with E-state index in [1.165, 1.54) is 0 Å². The van der Waals surface area contributed by atoms with Gasteiger partial charge in [-0.1, -0.05) is 56.6 Å². The molecule has 34 heavy (non-hydrogen) atoms. The van der Waals surface area contributed by atoms with E-state index in [-0.39, 0.29) is 23.2 Å². The van der Waals surface area contributed by atoms with Crippen molar-refractivity contribution in [3.63, 3.8) is 0 Å². The van der Waals surface area contributed by atoms with Gasteiger partial charge in [0.1, 0.15) is 5.75 Å². The van der Waals surface area contributed by atoms with E-state index in [2.05, 4.69) is 48.0 Å². The van der Waals surface area contributed by atoms with E-state index in [1.54, 1.807) is 12.1 Å². The number of piperidine rings is 1. The molecule has 2 aromatic carbocycles. The van der Waals surface area contributed by atoms with Crippen LogP contribution in [0, 0.1) is 11.3 Å². The van der Waals surface area contributed by atoms with Crippen molar-refractivity contribution >= 4 is 17.5 Å². The average molecular weight is 484 g/mol. The van der Waals surface area contributed by atoms with Crippen molar-refractivity contribution in [1.29, 1.82) is 0 Å². The third-order valence-corrected chi connectivity index (χ3v) is 7.67. The Balaban J connectivity index is 1.59. The van der Waals surface area contributed by atoms with Crippen LogP contribution in [0.1, 0.15) is 57.2 Å². The summed E-state index contributed by atoms with van der Waals surface area (Å²) in [5.74, 6) is 1.06. The molecule has 0 saturated carbocycles. The number of halogens is 1. The molecule has 0 aliphatic carbocycles. The molecule has 4 rings (SSSR count). The number of aromatic hydroxyl groups is 1. The number of nitrogens with zero attached hydrogens (tertiary/aromatic N) is 2. The minimum Gasteiger partial charge on any atom is -0.508 e. The van der Waals surface area contributed by atoms with Crippen molar-refractivity contribution in [1.82, 2.24) is 15.1 Å². The van der Waals surface area contributed by atoms with E-state index < -0.39 is 0 Å². The van der Waals surface area contributed by atoms with Gasteiger partial charge in [0.15, 0.2) is 0 Å². The first-order valence-electron chi connectivity index (χ1n) is 12.5. The molecule has 2 saturated heterocycles. The molecule has 0 radical (unpaired) electrons. The van der Waals surface area contributed by atoms with Gasteiger partial charge in [0.05, 0.1) is 6.04 Å². The molecular formula is C28H38ClN3O2. The van der Waals surface area contributed by atoms with Gasteiger partial charge in [-0.2, -0.15) is 0 Å². The number of hydrogen-bond acceptors (Lipinski definition) is 4. The fourth-order valence-electron chi connectivity index (χ4n) is 5.44. The van der Waals surface area contributed by atoms with Crippen LogP contribution in [0.5, 0.6) is 5.75 Å². The van der Waals surface area contributed by atoms with Gasteiger partial charge in [0, 0.05) is 37.1 Å². The normalized spacial score (nSPS) is 21.4. The molecule has 0 aromatic heterocycles. The lowest BCUT2D eigenvalue weighted by atomic mass is 9.82. The molecule has 2 aliphatic rings. The van der Waals surface area contributed by atoms with Crippen molar-refractivity contribution in [3.05, 3.63) is 64.7 Å². The van der Waals surface area contributed by atoms with Crippen molar-refractivity contribution < 1.29 is 9.90 Å². The summed E-state index contributed by atoms with van der Waals surface area (Å²) in [5.41, 5.74) is 2.25. The second-order valence-electron chi connectivity index (χ2n) is 10.9. The Kier molecular flexibility index (Phi) is 7.86. The Morgan fingerprint density at radius 2 is 1.62 bits per heavy atom. The smallest absolute Gasteiger partial charge is 0.223 e. The molecule has 5 nitrogen and oxygen atoms in total. The summed E-state index contributed by atoms with van der Waals surface area (Å²) in [6.45, 7) is 11.1. The van der Waals surface area contributed by atoms with Crippen molar-refractivity contribution in [2.24, 2.45) is 11.3 Å². The third kappa shape index (κ3) is 5.94. The van der Waals surface area contributed by atoms with Crippen LogP contribution in [0.2, 0.25) is 5.02 Å². The van der Waals surface area contributed by atoms with E-state index in [0.29, 0.717) is 23.3 Å². The van der Waals surface area contributed by atoms with Gasteiger partial charge in [-0.15, -0.1) is 0 Å². The molecule has 2 heterocycles. The molecule has 1 unspecified atom stereocenters. The Hall–Kier alpha value is -2.08. The number of carbonyl (C=O) groups is 1. The highest BCUT2D eigenvalue weighted by Gasteiger charge is 2.40. The largest absolute Gasteiger partial charge is 0.508 e. The van der Waals surface area contributed by atoms with Gasteiger partial charge < -0.3 is 15.3 Å². The van der Waals surface area contributed by atoms with E-state index in [9.17, 15) is 9.90 Å². The highest BCUT2D eigenvalue weighted by Crippen LogP contribution is 2.36. The minimum atomic E-state index is -0.0397. The van der Waals surface area contributed by atoms with E-state index in [4.69, 9.17) is 11.6 Å². The first kappa shape index (κ1) is 25.0. The lowest BCUT2D eigenvalue weighted by Gasteiger charge is -2.49. The van der Waals surface area contributed by atoms with Crippen LogP contribution >= 0.6 is 11.6 Å². The first-order valence-corrected chi connectivity index (χ1v) is 12.9. The molecule has 2 N–H and O–H groups in total. The predicted molar refractivity (Wildman–Crippen MR) is 138 cm³/mol. The lowest BCUT2D eigenvalue weighted by Crippen LogP contribution is -2.60. The number of rotatable bonds is 5. The average Bonchev–Trinajstić information content (AvgIpc) is 2.82. The summed E-state index contributed by atoms with van der Waals surface area (Å²) < 4.78 is 0. The first-order chi connectivity index (χ1) is 16.2. The van der Waals surface area contributed by atoms with Gasteiger partial charge in [0.2, 0.25) is 5.91 Å². The van der Waals surface area contributed by atoms with Crippen LogP contribution in [0.4, 0.5) is 0 Å². The third-order valence-electron chi connectivity index (χ3n) is 7.41. The monoisotopic (exact) mass is 483 g/mol. The zero-order chi connectivity index (χ0) is 24.3. The number of amides is 1. The van der Waals surface area contributed by atoms with Crippen molar-refractivity contribution in [3.8, 4) is 5.75 Å². The van der Waals surface area contributed by atoms with E-state index in [0.717, 1.165) is 56.7 Å². The molecule has 0 bridgehead atoms. The topological polar surface area (TPSA) is 55.8 Å². The van der Waals surface area contributed by atoms with Gasteiger partial charge in [-0.3, -0.25) is 9.69 Å². The Morgan fingerprint density at radius 1 is 1.03 bits per heavy atom. The number of piperazine rings is 1. The number of hydrogen-bond donors (Lipinski definition) is 2. The molecule has 2 aromatic rings. The molecule has 0 spiro atoms. The van der Waals surface area contributed by atoms with Crippen LogP contribution in [-0.2, 0) is 4.79 Å². The molecule has 2 fully saturated rings. The van der Waals surface area contributed by atoms with Gasteiger partial charge in [-0.05, 0) is 72.7 Å². The van der Waals surface area contributed by atoms with Gasteiger partial charge in [0.25, 0.3) is 0 Å². The zero-order valence-corrected chi connectivity index (χ0v) is 21.4. The number of carbonyl (C=O) groups excluding carboxylic acids is 1. The summed E-state index contributed by atoms with van der Waals surface area (Å²) in [4.78, 5) is 18.1. The Morgan fingerprint density at radius 3 is 2.21 bits per heavy atom. The van der Waals surface area contributed by atoms with Crippen LogP contribution in [0.3, 0.4) is 0 Å². The lowest BCUT2D eigenvalue weighted by molar-refractivity contribution is -0.141. The van der Waals surface area contributed by atoms with Crippen LogP contribution in [0.25, 0.3) is 0 Å². The number of phenolic OH excluding ortho intramolecular Hbond substituents is 1. The summed E-state index contributed by atoms with van der Waals surface area (Å²) in [6.07, 6.45) is 2.84. The van der Waals surface area contributed by atoms with Crippen molar-refractivity contribution in [2.75, 3.05) is 32.7 Å². The Bertz CT molecular complexity index is 904. The standard InChI is InChI=1S/C28H38ClN3O2/c1-28(2,3)25-19-31(16-17-32(25)26(34)18-20-12-14-30-15-13-20)27(21-4-8-23(29)9-5-21)22-6-10-24(33)11-7-22/h4-11,20,25,27,30,33H,12-19H2,1-3H3/t25-,27?/m1/s1. The predicted octanol–water partition coefficient (Wildman–Crippen LogP) is 5.08. The molecular weight excluding hydrogens is 446 g/mol. The molecule has 2 atom stereocenters. The van der Waals surface area contributed by atoms with E-state index >= 15 is 0 Å². The van der Waals surface area contributed by atoms with Gasteiger partial charge in [-0.25, -0.2) is 0 Å². The van der Waals surface area contributed by atoms with Crippen LogP contribution in [-0.4, -0.2) is 59.6 Å². The molecule has 2 aliphatic heterocycles. The number of phenols is 1. The van der Waals surface area contributed by atoms with Crippen molar-refractivity contribution in [2.45, 2.75) is 52.1 Å². The number of nitrogens with one attached hydrogen (secondary N) is 1. The molecule has 1 amide bonds. The summed E-state index contributed by atoms with van der Waals surface area (Å²) in [6, 6.07) is 15.7. The van der Waals surface area contributed by atoms with Gasteiger partial charge >= 0.3 is 0 Å². The molecule has 6 heteroatoms. The fraction of sp³-hybridized carbons (Fsp3) is 0.536. The van der Waals surface area contributed by atoms with Crippen LogP contribution in [0.15, 0.2) is 48.5 Å². The maximum absolute atomic E-state index is 13.5. The second kappa shape index (κ2) is 10.7. The zero-order valence-electron chi connectivity index (χ0n) is 20.6. The second-order valence-corrected chi connectivity index (χ2v) is 11.3. The highest BCUT2D eigenvalue weighted by atomic mass is 35.5. The SMILES string of the molecule is CC(C)(C)[C@H]1CN(C(c2ccc(O)cc2)c2ccc(Cl)cc2)CCN1C(=O)CC1CCNCC1.